The average Bonchev–Trinajstić information content (AvgIpc) is 3.72. The van der Waals surface area contributed by atoms with Gasteiger partial charge in [-0.1, -0.05) is 36.4 Å². The summed E-state index contributed by atoms with van der Waals surface area (Å²) in [6, 6.07) is 16.0. The molecule has 1 aliphatic heterocycles. The van der Waals surface area contributed by atoms with Gasteiger partial charge < -0.3 is 19.5 Å². The number of carbonyl (C=O) groups excluding carboxylic acids is 1. The van der Waals surface area contributed by atoms with Crippen LogP contribution in [-0.2, 0) is 22.6 Å². The van der Waals surface area contributed by atoms with Gasteiger partial charge in [0.25, 0.3) is 0 Å². The number of benzene rings is 2. The lowest BCUT2D eigenvalue weighted by atomic mass is 9.87. The summed E-state index contributed by atoms with van der Waals surface area (Å²) in [5.41, 5.74) is 5.90. The van der Waals surface area contributed by atoms with Crippen molar-refractivity contribution in [2.45, 2.75) is 32.0 Å². The van der Waals surface area contributed by atoms with Crippen LogP contribution in [0.3, 0.4) is 0 Å². The maximum atomic E-state index is 13.3. The lowest BCUT2D eigenvalue weighted by Crippen LogP contribution is -2.46. The highest BCUT2D eigenvalue weighted by Gasteiger charge is 2.30. The van der Waals surface area contributed by atoms with Crippen LogP contribution in [0.1, 0.15) is 24.5 Å². The number of aliphatic hydroxyl groups excluding tert-OH is 1. The van der Waals surface area contributed by atoms with Crippen molar-refractivity contribution in [3.05, 3.63) is 78.9 Å². The Morgan fingerprint density at radius 2 is 1.36 bits per heavy atom. The fourth-order valence-corrected chi connectivity index (χ4v) is 5.39. The molecule has 222 valence electrons. The first-order valence-corrected chi connectivity index (χ1v) is 14.4. The zero-order valence-corrected chi connectivity index (χ0v) is 24.6. The van der Waals surface area contributed by atoms with E-state index in [2.05, 4.69) is 10.2 Å². The normalized spacial score (nSPS) is 14.7. The molecule has 1 fully saturated rings. The van der Waals surface area contributed by atoms with E-state index in [1.165, 1.54) is 0 Å². The predicted molar refractivity (Wildman–Crippen MR) is 162 cm³/mol. The number of nitrogens with zero attached hydrogens (tertiary/aromatic N) is 6. The molecule has 1 saturated heterocycles. The van der Waals surface area contributed by atoms with Crippen molar-refractivity contribution < 1.29 is 19.4 Å². The third-order valence-electron chi connectivity index (χ3n) is 8.03. The molecule has 10 heteroatoms. The van der Waals surface area contributed by atoms with E-state index in [1.807, 2.05) is 94.6 Å². The number of anilines is 1. The molecule has 2 aromatic carbocycles. The number of ether oxygens (including phenoxy) is 2. The second-order valence-corrected chi connectivity index (χ2v) is 10.7. The van der Waals surface area contributed by atoms with Crippen molar-refractivity contribution >= 4 is 11.7 Å². The number of hydrogen-bond donors (Lipinski definition) is 1. The van der Waals surface area contributed by atoms with Gasteiger partial charge in [-0.25, -0.2) is 4.79 Å². The van der Waals surface area contributed by atoms with Crippen LogP contribution >= 0.6 is 0 Å². The van der Waals surface area contributed by atoms with Gasteiger partial charge in [0.1, 0.15) is 0 Å². The highest BCUT2D eigenvalue weighted by atomic mass is 16.5. The maximum Gasteiger partial charge on any atom is 0.324 e. The molecule has 0 aliphatic carbocycles. The Morgan fingerprint density at radius 3 is 1.86 bits per heavy atom. The molecule has 0 bridgehead atoms. The summed E-state index contributed by atoms with van der Waals surface area (Å²) in [6.45, 7) is 3.86. The SMILES string of the molecule is COCCn1cc(-c2ccc(C(O)C3CCN(C(=O)N(C)c4ccc(-c5cnn(CCOC)c5)cc4)CC3)cc2)cn1. The summed E-state index contributed by atoms with van der Waals surface area (Å²) in [5, 5.41) is 19.9. The molecule has 1 aliphatic rings. The van der Waals surface area contributed by atoms with Gasteiger partial charge in [-0.3, -0.25) is 14.3 Å². The van der Waals surface area contributed by atoms with Crippen LogP contribution in [0.2, 0.25) is 0 Å². The summed E-state index contributed by atoms with van der Waals surface area (Å²) in [7, 11) is 5.17. The number of aromatic nitrogens is 4. The Hall–Kier alpha value is -3.99. The summed E-state index contributed by atoms with van der Waals surface area (Å²) < 4.78 is 14.0. The Morgan fingerprint density at radius 1 is 0.857 bits per heavy atom. The standard InChI is InChI=1S/C32H40N6O4/c1-35(30-10-8-25(9-11-30)29-21-34-38(23-29)17-19-42-3)32(40)36-14-12-27(13-15-36)31(39)26-6-4-24(5-7-26)28-20-33-37(22-28)16-18-41-2/h4-11,20-23,27,31,39H,12-19H2,1-3H3. The maximum absolute atomic E-state index is 13.3. The molecule has 3 heterocycles. The van der Waals surface area contributed by atoms with Crippen LogP contribution < -0.4 is 4.90 Å². The molecule has 1 N–H and O–H groups in total. The average molecular weight is 573 g/mol. The number of hydrogen-bond acceptors (Lipinski definition) is 6. The quantitative estimate of drug-likeness (QED) is 0.280. The van der Waals surface area contributed by atoms with Gasteiger partial charge in [0.05, 0.1) is 44.8 Å². The Balaban J connectivity index is 1.13. The lowest BCUT2D eigenvalue weighted by Gasteiger charge is -2.36. The third-order valence-corrected chi connectivity index (χ3v) is 8.03. The highest BCUT2D eigenvalue weighted by Crippen LogP contribution is 2.33. The van der Waals surface area contributed by atoms with Crippen LogP contribution in [0, 0.1) is 5.92 Å². The van der Waals surface area contributed by atoms with Crippen LogP contribution in [-0.4, -0.2) is 83.2 Å². The van der Waals surface area contributed by atoms with Crippen LogP contribution in [0.25, 0.3) is 22.3 Å². The van der Waals surface area contributed by atoms with E-state index in [9.17, 15) is 9.90 Å². The first kappa shape index (κ1) is 29.5. The van der Waals surface area contributed by atoms with E-state index in [0.717, 1.165) is 46.3 Å². The van der Waals surface area contributed by atoms with E-state index in [1.54, 1.807) is 19.1 Å². The molecule has 1 unspecified atom stereocenters. The molecule has 10 nitrogen and oxygen atoms in total. The molecule has 1 atom stereocenters. The molecule has 2 amide bonds. The monoisotopic (exact) mass is 572 g/mol. The smallest absolute Gasteiger partial charge is 0.324 e. The van der Waals surface area contributed by atoms with Crippen molar-refractivity contribution in [3.63, 3.8) is 0 Å². The molecule has 0 saturated carbocycles. The van der Waals surface area contributed by atoms with Gasteiger partial charge in [0.15, 0.2) is 0 Å². The number of aliphatic hydroxyl groups is 1. The molecule has 0 radical (unpaired) electrons. The van der Waals surface area contributed by atoms with E-state index < -0.39 is 6.10 Å². The number of carbonyl (C=O) groups is 1. The number of piperidine rings is 1. The first-order chi connectivity index (χ1) is 20.5. The second-order valence-electron chi connectivity index (χ2n) is 10.7. The Kier molecular flexibility index (Phi) is 9.68. The lowest BCUT2D eigenvalue weighted by molar-refractivity contribution is 0.0676. The number of rotatable bonds is 11. The van der Waals surface area contributed by atoms with E-state index in [-0.39, 0.29) is 11.9 Å². The number of methoxy groups -OCH3 is 2. The minimum Gasteiger partial charge on any atom is -0.388 e. The summed E-state index contributed by atoms with van der Waals surface area (Å²) in [6.07, 6.45) is 8.62. The zero-order valence-electron chi connectivity index (χ0n) is 24.6. The van der Waals surface area contributed by atoms with Crippen molar-refractivity contribution in [3.8, 4) is 22.3 Å². The molecule has 2 aromatic heterocycles. The van der Waals surface area contributed by atoms with Crippen molar-refractivity contribution in [2.75, 3.05) is 52.5 Å². The summed E-state index contributed by atoms with van der Waals surface area (Å²) in [4.78, 5) is 16.9. The highest BCUT2D eigenvalue weighted by molar-refractivity contribution is 5.91. The summed E-state index contributed by atoms with van der Waals surface area (Å²) >= 11 is 0. The third kappa shape index (κ3) is 6.89. The van der Waals surface area contributed by atoms with Gasteiger partial charge in [0.2, 0.25) is 0 Å². The van der Waals surface area contributed by atoms with E-state index in [0.29, 0.717) is 39.4 Å². The summed E-state index contributed by atoms with van der Waals surface area (Å²) in [5.74, 6) is 0.103. The largest absolute Gasteiger partial charge is 0.388 e. The molecule has 4 aromatic rings. The Bertz CT molecular complexity index is 1420. The number of urea groups is 1. The van der Waals surface area contributed by atoms with Crippen molar-refractivity contribution in [2.24, 2.45) is 5.92 Å². The van der Waals surface area contributed by atoms with Gasteiger partial charge in [-0.05, 0) is 47.6 Å². The topological polar surface area (TPSA) is 97.9 Å². The minimum atomic E-state index is -0.565. The number of amides is 2. The second kappa shape index (κ2) is 13.8. The minimum absolute atomic E-state index is 0.0292. The van der Waals surface area contributed by atoms with Crippen LogP contribution in [0.4, 0.5) is 10.5 Å². The van der Waals surface area contributed by atoms with E-state index >= 15 is 0 Å². The zero-order chi connectivity index (χ0) is 29.5. The molecular formula is C32H40N6O4. The fraction of sp³-hybridized carbons (Fsp3) is 0.406. The molecule has 42 heavy (non-hydrogen) atoms. The van der Waals surface area contributed by atoms with Crippen LogP contribution in [0.15, 0.2) is 73.3 Å². The molecular weight excluding hydrogens is 532 g/mol. The molecule has 0 spiro atoms. The van der Waals surface area contributed by atoms with Crippen molar-refractivity contribution in [1.82, 2.24) is 24.5 Å². The van der Waals surface area contributed by atoms with Gasteiger partial charge in [-0.2, -0.15) is 10.2 Å². The predicted octanol–water partition coefficient (Wildman–Crippen LogP) is 4.71. The van der Waals surface area contributed by atoms with Gasteiger partial charge >= 0.3 is 6.03 Å². The Labute approximate surface area is 247 Å². The molecule has 5 rings (SSSR count). The number of likely N-dealkylation sites (tertiary alicyclic amines) is 1. The van der Waals surface area contributed by atoms with Gasteiger partial charge in [-0.15, -0.1) is 0 Å². The fourth-order valence-electron chi connectivity index (χ4n) is 5.39. The first-order valence-electron chi connectivity index (χ1n) is 14.4. The van der Waals surface area contributed by atoms with Crippen LogP contribution in [0.5, 0.6) is 0 Å². The van der Waals surface area contributed by atoms with Gasteiger partial charge in [0, 0.05) is 63.6 Å². The van der Waals surface area contributed by atoms with Crippen molar-refractivity contribution in [1.29, 1.82) is 0 Å². The van der Waals surface area contributed by atoms with E-state index in [4.69, 9.17) is 9.47 Å².